The topological polar surface area (TPSA) is 97.2 Å². The number of halogens is 1. The van der Waals surface area contributed by atoms with E-state index in [4.69, 9.17) is 5.11 Å². The number of hydrogen-bond acceptors (Lipinski definition) is 5. The van der Waals surface area contributed by atoms with Crippen LogP contribution in [0.2, 0.25) is 0 Å². The van der Waals surface area contributed by atoms with Gasteiger partial charge < -0.3 is 5.11 Å². The predicted octanol–water partition coefficient (Wildman–Crippen LogP) is 1.04. The van der Waals surface area contributed by atoms with Gasteiger partial charge in [0.1, 0.15) is 11.1 Å². The standard InChI is InChI=1S/C8H9BrN2O4S/c1-4(16(2,14)15)7-10-3-5(9)6(11-7)8(12)13/h3-4H,1-2H3,(H,12,13). The lowest BCUT2D eigenvalue weighted by Crippen LogP contribution is -2.14. The molecule has 1 N–H and O–H groups in total. The van der Waals surface area contributed by atoms with E-state index in [0.717, 1.165) is 6.26 Å². The number of carbonyl (C=O) groups is 1. The molecule has 0 aromatic carbocycles. The van der Waals surface area contributed by atoms with Gasteiger partial charge in [-0.25, -0.2) is 23.2 Å². The summed E-state index contributed by atoms with van der Waals surface area (Å²) in [5, 5.41) is 7.87. The van der Waals surface area contributed by atoms with E-state index in [-0.39, 0.29) is 16.0 Å². The van der Waals surface area contributed by atoms with Crippen molar-refractivity contribution in [3.05, 3.63) is 22.2 Å². The molecular weight excluding hydrogens is 300 g/mol. The average Bonchev–Trinajstić information content (AvgIpc) is 2.15. The van der Waals surface area contributed by atoms with Crippen molar-refractivity contribution in [1.82, 2.24) is 9.97 Å². The molecule has 0 fully saturated rings. The molecule has 0 bridgehead atoms. The van der Waals surface area contributed by atoms with Crippen LogP contribution in [0.1, 0.15) is 28.5 Å². The summed E-state index contributed by atoms with van der Waals surface area (Å²) in [7, 11) is -3.34. The van der Waals surface area contributed by atoms with Crippen molar-refractivity contribution in [1.29, 1.82) is 0 Å². The first-order chi connectivity index (χ1) is 7.23. The highest BCUT2D eigenvalue weighted by molar-refractivity contribution is 9.10. The molecule has 1 aromatic rings. The van der Waals surface area contributed by atoms with Crippen molar-refractivity contribution in [2.24, 2.45) is 0 Å². The maximum absolute atomic E-state index is 11.3. The van der Waals surface area contributed by atoms with Gasteiger partial charge in [0.05, 0.1) is 4.47 Å². The van der Waals surface area contributed by atoms with E-state index >= 15 is 0 Å². The molecule has 0 aliphatic heterocycles. The second kappa shape index (κ2) is 4.46. The summed E-state index contributed by atoms with van der Waals surface area (Å²) >= 11 is 2.98. The minimum Gasteiger partial charge on any atom is -0.476 e. The highest BCUT2D eigenvalue weighted by Gasteiger charge is 2.22. The highest BCUT2D eigenvalue weighted by atomic mass is 79.9. The van der Waals surface area contributed by atoms with Gasteiger partial charge in [-0.3, -0.25) is 0 Å². The van der Waals surface area contributed by atoms with Crippen LogP contribution >= 0.6 is 15.9 Å². The average molecular weight is 309 g/mol. The first kappa shape index (κ1) is 13.0. The quantitative estimate of drug-likeness (QED) is 0.896. The number of aromatic nitrogens is 2. The molecule has 88 valence electrons. The molecule has 1 heterocycles. The molecule has 0 saturated carbocycles. The van der Waals surface area contributed by atoms with Crippen LogP contribution in [0.4, 0.5) is 0 Å². The molecule has 6 nitrogen and oxygen atoms in total. The highest BCUT2D eigenvalue weighted by Crippen LogP contribution is 2.20. The van der Waals surface area contributed by atoms with Crippen molar-refractivity contribution in [2.45, 2.75) is 12.2 Å². The summed E-state index contributed by atoms with van der Waals surface area (Å²) in [5.41, 5.74) is -0.250. The Morgan fingerprint density at radius 1 is 1.56 bits per heavy atom. The van der Waals surface area contributed by atoms with E-state index < -0.39 is 21.1 Å². The second-order valence-corrected chi connectivity index (χ2v) is 6.42. The van der Waals surface area contributed by atoms with E-state index in [0.29, 0.717) is 0 Å². The molecule has 0 aliphatic carbocycles. The molecule has 1 aromatic heterocycles. The van der Waals surface area contributed by atoms with Crippen molar-refractivity contribution in [3.8, 4) is 0 Å². The van der Waals surface area contributed by atoms with Gasteiger partial charge in [0.25, 0.3) is 0 Å². The zero-order chi connectivity index (χ0) is 12.5. The van der Waals surface area contributed by atoms with Crippen LogP contribution in [0.3, 0.4) is 0 Å². The van der Waals surface area contributed by atoms with Crippen LogP contribution in [0.5, 0.6) is 0 Å². The van der Waals surface area contributed by atoms with Crippen LogP contribution < -0.4 is 0 Å². The van der Waals surface area contributed by atoms with Gasteiger partial charge in [0, 0.05) is 12.5 Å². The largest absolute Gasteiger partial charge is 0.476 e. The van der Waals surface area contributed by atoms with Crippen LogP contribution in [-0.2, 0) is 9.84 Å². The lowest BCUT2D eigenvalue weighted by molar-refractivity contribution is 0.0688. The van der Waals surface area contributed by atoms with Gasteiger partial charge in [0.15, 0.2) is 15.5 Å². The fourth-order valence-corrected chi connectivity index (χ4v) is 1.78. The number of sulfone groups is 1. The summed E-state index contributed by atoms with van der Waals surface area (Å²) in [4.78, 5) is 18.3. The third-order valence-electron chi connectivity index (χ3n) is 1.97. The molecule has 0 saturated heterocycles. The number of carboxylic acid groups (broad SMARTS) is 1. The van der Waals surface area contributed by atoms with Crippen molar-refractivity contribution >= 4 is 31.7 Å². The van der Waals surface area contributed by atoms with E-state index in [1.54, 1.807) is 0 Å². The molecule has 0 radical (unpaired) electrons. The zero-order valence-electron chi connectivity index (χ0n) is 8.51. The normalized spacial score (nSPS) is 13.4. The SMILES string of the molecule is CC(c1ncc(Br)c(C(=O)O)n1)S(C)(=O)=O. The van der Waals surface area contributed by atoms with Crippen molar-refractivity contribution < 1.29 is 18.3 Å². The molecule has 0 spiro atoms. The van der Waals surface area contributed by atoms with E-state index in [1.807, 2.05) is 0 Å². The Morgan fingerprint density at radius 2 is 2.12 bits per heavy atom. The van der Waals surface area contributed by atoms with Gasteiger partial charge in [-0.15, -0.1) is 0 Å². The number of nitrogens with zero attached hydrogens (tertiary/aromatic N) is 2. The lowest BCUT2D eigenvalue weighted by Gasteiger charge is -2.08. The number of carboxylic acids is 1. The van der Waals surface area contributed by atoms with Gasteiger partial charge >= 0.3 is 5.97 Å². The summed E-state index contributed by atoms with van der Waals surface area (Å²) in [6.07, 6.45) is 2.27. The molecule has 1 unspecified atom stereocenters. The molecule has 1 atom stereocenters. The Kier molecular flexibility index (Phi) is 3.64. The molecule has 8 heteroatoms. The summed E-state index contributed by atoms with van der Waals surface area (Å²) in [6.45, 7) is 1.41. The third kappa shape index (κ3) is 2.76. The maximum atomic E-state index is 11.3. The van der Waals surface area contributed by atoms with Gasteiger partial charge in [0.2, 0.25) is 0 Å². The van der Waals surface area contributed by atoms with Crippen LogP contribution in [0.15, 0.2) is 10.7 Å². The first-order valence-electron chi connectivity index (χ1n) is 4.18. The zero-order valence-corrected chi connectivity index (χ0v) is 10.9. The van der Waals surface area contributed by atoms with E-state index in [1.165, 1.54) is 13.1 Å². The smallest absolute Gasteiger partial charge is 0.355 e. The van der Waals surface area contributed by atoms with Gasteiger partial charge in [-0.1, -0.05) is 0 Å². The third-order valence-corrected chi connectivity index (χ3v) is 4.05. The maximum Gasteiger partial charge on any atom is 0.355 e. The Labute approximate surface area is 101 Å². The van der Waals surface area contributed by atoms with Crippen molar-refractivity contribution in [3.63, 3.8) is 0 Å². The Bertz CT molecular complexity index is 529. The first-order valence-corrected chi connectivity index (χ1v) is 6.93. The second-order valence-electron chi connectivity index (χ2n) is 3.20. The lowest BCUT2D eigenvalue weighted by atomic mass is 10.3. The van der Waals surface area contributed by atoms with Gasteiger partial charge in [-0.2, -0.15) is 0 Å². The fourth-order valence-electron chi connectivity index (χ4n) is 0.918. The minimum absolute atomic E-state index is 0.0249. The summed E-state index contributed by atoms with van der Waals surface area (Å²) in [6, 6.07) is 0. The predicted molar refractivity (Wildman–Crippen MR) is 60.0 cm³/mol. The number of hydrogen-bond donors (Lipinski definition) is 1. The van der Waals surface area contributed by atoms with Crippen molar-refractivity contribution in [2.75, 3.05) is 6.26 Å². The summed E-state index contributed by atoms with van der Waals surface area (Å²) < 4.78 is 22.7. The molecule has 0 amide bonds. The number of rotatable bonds is 3. The molecular formula is C8H9BrN2O4S. The molecule has 16 heavy (non-hydrogen) atoms. The number of aromatic carboxylic acids is 1. The Balaban J connectivity index is 3.29. The molecule has 0 aliphatic rings. The van der Waals surface area contributed by atoms with Gasteiger partial charge in [-0.05, 0) is 22.9 Å². The monoisotopic (exact) mass is 308 g/mol. The Morgan fingerprint density at radius 3 is 2.56 bits per heavy atom. The van der Waals surface area contributed by atoms with E-state index in [2.05, 4.69) is 25.9 Å². The summed E-state index contributed by atoms with van der Waals surface area (Å²) in [5.74, 6) is -1.26. The van der Waals surface area contributed by atoms with Crippen LogP contribution in [0, 0.1) is 0 Å². The minimum atomic E-state index is -3.34. The fraction of sp³-hybridized carbons (Fsp3) is 0.375. The molecule has 1 rings (SSSR count). The van der Waals surface area contributed by atoms with E-state index in [9.17, 15) is 13.2 Å². The van der Waals surface area contributed by atoms with Crippen LogP contribution in [0.25, 0.3) is 0 Å². The van der Waals surface area contributed by atoms with Crippen LogP contribution in [-0.4, -0.2) is 35.7 Å². The Hall–Kier alpha value is -1.02.